The van der Waals surface area contributed by atoms with Gasteiger partial charge in [0.2, 0.25) is 17.7 Å². The van der Waals surface area contributed by atoms with E-state index in [-0.39, 0.29) is 31.3 Å². The number of nitrogen functional groups attached to an aromatic ring is 1. The van der Waals surface area contributed by atoms with Crippen LogP contribution >= 0.6 is 0 Å². The Morgan fingerprint density at radius 1 is 1.14 bits per heavy atom. The number of ether oxygens (including phenoxy) is 1. The summed E-state index contributed by atoms with van der Waals surface area (Å²) in [5.74, 6) is -0.649. The second kappa shape index (κ2) is 8.80. The quantitative estimate of drug-likeness (QED) is 0.431. The van der Waals surface area contributed by atoms with Gasteiger partial charge in [0.25, 0.3) is 0 Å². The SMILES string of the molecule is Nc1nc(OCc2ccc(CNC(=O)CCCC(=O)O)cc2)c2[nH]cnc2n1. The van der Waals surface area contributed by atoms with Gasteiger partial charge in [-0.3, -0.25) is 9.59 Å². The van der Waals surface area contributed by atoms with Crippen LogP contribution in [-0.2, 0) is 22.7 Å². The maximum absolute atomic E-state index is 11.7. The lowest BCUT2D eigenvalue weighted by molar-refractivity contribution is -0.137. The van der Waals surface area contributed by atoms with Crippen molar-refractivity contribution in [2.24, 2.45) is 0 Å². The Hall–Kier alpha value is -3.69. The topological polar surface area (TPSA) is 156 Å². The van der Waals surface area contributed by atoms with E-state index in [9.17, 15) is 9.59 Å². The predicted molar refractivity (Wildman–Crippen MR) is 100 cm³/mol. The van der Waals surface area contributed by atoms with E-state index in [2.05, 4.69) is 25.3 Å². The minimum atomic E-state index is -0.900. The molecular weight excluding hydrogens is 364 g/mol. The Kier molecular flexibility index (Phi) is 6.00. The molecule has 146 valence electrons. The van der Waals surface area contributed by atoms with Gasteiger partial charge in [0.05, 0.1) is 6.33 Å². The molecule has 3 aromatic rings. The van der Waals surface area contributed by atoms with Crippen LogP contribution in [0.25, 0.3) is 11.2 Å². The van der Waals surface area contributed by atoms with Crippen molar-refractivity contribution < 1.29 is 19.4 Å². The number of hydrogen-bond donors (Lipinski definition) is 4. The van der Waals surface area contributed by atoms with Crippen molar-refractivity contribution in [3.8, 4) is 5.88 Å². The lowest BCUT2D eigenvalue weighted by Gasteiger charge is -2.08. The molecule has 10 heteroatoms. The van der Waals surface area contributed by atoms with E-state index in [1.165, 1.54) is 6.33 Å². The van der Waals surface area contributed by atoms with Crippen LogP contribution in [0.4, 0.5) is 5.95 Å². The predicted octanol–water partition coefficient (Wildman–Crippen LogP) is 1.39. The number of imidazole rings is 1. The lowest BCUT2D eigenvalue weighted by Crippen LogP contribution is -2.22. The number of H-pyrrole nitrogens is 1. The smallest absolute Gasteiger partial charge is 0.303 e. The van der Waals surface area contributed by atoms with Crippen LogP contribution in [0.15, 0.2) is 30.6 Å². The molecule has 0 atom stereocenters. The minimum absolute atomic E-state index is 0.00898. The van der Waals surface area contributed by atoms with E-state index in [0.29, 0.717) is 30.0 Å². The van der Waals surface area contributed by atoms with Crippen LogP contribution in [0, 0.1) is 0 Å². The Labute approximate surface area is 160 Å². The summed E-state index contributed by atoms with van der Waals surface area (Å²) >= 11 is 0. The molecule has 0 radical (unpaired) electrons. The van der Waals surface area contributed by atoms with Gasteiger partial charge in [-0.15, -0.1) is 0 Å². The van der Waals surface area contributed by atoms with Gasteiger partial charge in [0.1, 0.15) is 12.1 Å². The number of aromatic nitrogens is 4. The number of carboxylic acid groups (broad SMARTS) is 1. The molecule has 0 aliphatic carbocycles. The molecule has 0 unspecified atom stereocenters. The molecular formula is C18H20N6O4. The first-order valence-electron chi connectivity index (χ1n) is 8.67. The minimum Gasteiger partial charge on any atom is -0.481 e. The van der Waals surface area contributed by atoms with E-state index in [1.54, 1.807) is 0 Å². The molecule has 0 bridgehead atoms. The number of nitrogens with zero attached hydrogens (tertiary/aromatic N) is 3. The van der Waals surface area contributed by atoms with Crippen LogP contribution in [0.3, 0.4) is 0 Å². The highest BCUT2D eigenvalue weighted by atomic mass is 16.5. The Morgan fingerprint density at radius 2 is 1.89 bits per heavy atom. The van der Waals surface area contributed by atoms with E-state index in [0.717, 1.165) is 11.1 Å². The van der Waals surface area contributed by atoms with Crippen LogP contribution < -0.4 is 15.8 Å². The van der Waals surface area contributed by atoms with E-state index < -0.39 is 5.97 Å². The molecule has 2 heterocycles. The zero-order chi connectivity index (χ0) is 19.9. The van der Waals surface area contributed by atoms with E-state index in [4.69, 9.17) is 15.6 Å². The van der Waals surface area contributed by atoms with Gasteiger partial charge in [-0.1, -0.05) is 24.3 Å². The molecule has 0 aliphatic rings. The van der Waals surface area contributed by atoms with Gasteiger partial charge in [-0.2, -0.15) is 9.97 Å². The number of anilines is 1. The third-order valence-electron chi connectivity index (χ3n) is 3.95. The molecule has 0 saturated heterocycles. The largest absolute Gasteiger partial charge is 0.481 e. The summed E-state index contributed by atoms with van der Waals surface area (Å²) in [5.41, 5.74) is 8.52. The number of rotatable bonds is 9. The number of carbonyl (C=O) groups is 2. The molecule has 0 fully saturated rings. The second-order valence-electron chi connectivity index (χ2n) is 6.12. The Balaban J connectivity index is 1.50. The number of fused-ring (bicyclic) bond motifs is 1. The fraction of sp³-hybridized carbons (Fsp3) is 0.278. The molecule has 0 saturated carbocycles. The average Bonchev–Trinajstić information content (AvgIpc) is 3.13. The summed E-state index contributed by atoms with van der Waals surface area (Å²) in [6.07, 6.45) is 2.01. The van der Waals surface area contributed by atoms with Crippen molar-refractivity contribution in [1.29, 1.82) is 0 Å². The van der Waals surface area contributed by atoms with Crippen molar-refractivity contribution in [2.45, 2.75) is 32.4 Å². The van der Waals surface area contributed by atoms with Crippen molar-refractivity contribution >= 4 is 29.0 Å². The molecule has 5 N–H and O–H groups in total. The standard InChI is InChI=1S/C18H20N6O4/c19-18-23-16-15(21-10-22-16)17(24-18)28-9-12-6-4-11(5-7-12)8-20-13(25)2-1-3-14(26)27/h4-7,10H,1-3,8-9H2,(H,20,25)(H,26,27)(H3,19,21,22,23,24). The maximum Gasteiger partial charge on any atom is 0.303 e. The monoisotopic (exact) mass is 384 g/mol. The maximum atomic E-state index is 11.7. The van der Waals surface area contributed by atoms with Crippen molar-refractivity contribution in [2.75, 3.05) is 5.73 Å². The van der Waals surface area contributed by atoms with Crippen LogP contribution in [0.1, 0.15) is 30.4 Å². The number of aromatic amines is 1. The summed E-state index contributed by atoms with van der Waals surface area (Å²) in [7, 11) is 0. The van der Waals surface area contributed by atoms with Gasteiger partial charge < -0.3 is 25.9 Å². The summed E-state index contributed by atoms with van der Waals surface area (Å²) in [4.78, 5) is 37.2. The van der Waals surface area contributed by atoms with Crippen molar-refractivity contribution in [1.82, 2.24) is 25.3 Å². The fourth-order valence-electron chi connectivity index (χ4n) is 2.52. The normalized spacial score (nSPS) is 10.7. The lowest BCUT2D eigenvalue weighted by atomic mass is 10.1. The fourth-order valence-corrected chi connectivity index (χ4v) is 2.52. The summed E-state index contributed by atoms with van der Waals surface area (Å²) < 4.78 is 5.73. The number of nitrogens with one attached hydrogen (secondary N) is 2. The molecule has 2 aromatic heterocycles. The molecule has 1 amide bonds. The van der Waals surface area contributed by atoms with Gasteiger partial charge in [0, 0.05) is 19.4 Å². The number of carbonyl (C=O) groups excluding carboxylic acids is 1. The first-order valence-corrected chi connectivity index (χ1v) is 8.67. The number of amides is 1. The number of benzene rings is 1. The zero-order valence-corrected chi connectivity index (χ0v) is 15.0. The highest BCUT2D eigenvalue weighted by Gasteiger charge is 2.10. The van der Waals surface area contributed by atoms with Crippen molar-refractivity contribution in [3.05, 3.63) is 41.7 Å². The summed E-state index contributed by atoms with van der Waals surface area (Å²) in [6, 6.07) is 7.55. The summed E-state index contributed by atoms with van der Waals surface area (Å²) in [6.45, 7) is 0.663. The molecule has 1 aromatic carbocycles. The molecule has 0 spiro atoms. The molecule has 3 rings (SSSR count). The van der Waals surface area contributed by atoms with Crippen LogP contribution in [-0.4, -0.2) is 36.9 Å². The van der Waals surface area contributed by atoms with Gasteiger partial charge in [-0.05, 0) is 17.5 Å². The number of aliphatic carboxylic acids is 1. The van der Waals surface area contributed by atoms with E-state index in [1.807, 2.05) is 24.3 Å². The number of nitrogens with two attached hydrogens (primary N) is 1. The summed E-state index contributed by atoms with van der Waals surface area (Å²) in [5, 5.41) is 11.3. The average molecular weight is 384 g/mol. The van der Waals surface area contributed by atoms with Crippen LogP contribution in [0.5, 0.6) is 5.88 Å². The van der Waals surface area contributed by atoms with Crippen molar-refractivity contribution in [3.63, 3.8) is 0 Å². The first kappa shape index (κ1) is 19.1. The van der Waals surface area contributed by atoms with Crippen LogP contribution in [0.2, 0.25) is 0 Å². The number of carboxylic acids is 1. The molecule has 0 aliphatic heterocycles. The highest BCUT2D eigenvalue weighted by molar-refractivity contribution is 5.77. The second-order valence-corrected chi connectivity index (χ2v) is 6.12. The Morgan fingerprint density at radius 3 is 2.64 bits per heavy atom. The number of hydrogen-bond acceptors (Lipinski definition) is 7. The zero-order valence-electron chi connectivity index (χ0n) is 15.0. The van der Waals surface area contributed by atoms with Gasteiger partial charge >= 0.3 is 5.97 Å². The molecule has 28 heavy (non-hydrogen) atoms. The van der Waals surface area contributed by atoms with E-state index >= 15 is 0 Å². The Bertz CT molecular complexity index is 970. The molecule has 10 nitrogen and oxygen atoms in total. The highest BCUT2D eigenvalue weighted by Crippen LogP contribution is 2.20. The van der Waals surface area contributed by atoms with Gasteiger partial charge in [0.15, 0.2) is 5.65 Å². The first-order chi connectivity index (χ1) is 13.5. The van der Waals surface area contributed by atoms with Gasteiger partial charge in [-0.25, -0.2) is 4.98 Å². The third-order valence-corrected chi connectivity index (χ3v) is 3.95. The third kappa shape index (κ3) is 5.16.